The number of anilines is 1. The van der Waals surface area contributed by atoms with Gasteiger partial charge in [0.2, 0.25) is 5.91 Å². The molecule has 0 spiro atoms. The molecule has 3 aliphatic carbocycles. The molecule has 0 unspecified atom stereocenters. The van der Waals surface area contributed by atoms with Gasteiger partial charge in [-0.3, -0.25) is 14.9 Å². The molecule has 1 amide bonds. The van der Waals surface area contributed by atoms with Crippen LogP contribution in [0.5, 0.6) is 0 Å². The molecule has 5 nitrogen and oxygen atoms in total. The van der Waals surface area contributed by atoms with Gasteiger partial charge in [-0.2, -0.15) is 0 Å². The lowest BCUT2D eigenvalue weighted by molar-refractivity contribution is -0.384. The summed E-state index contributed by atoms with van der Waals surface area (Å²) in [5.74, 6) is 0.808. The molecule has 1 aromatic rings. The van der Waals surface area contributed by atoms with Crippen LogP contribution < -0.4 is 5.32 Å². The van der Waals surface area contributed by atoms with Crippen molar-refractivity contribution in [3.63, 3.8) is 0 Å². The number of rotatable bonds is 3. The molecule has 0 saturated heterocycles. The summed E-state index contributed by atoms with van der Waals surface area (Å²) in [5, 5.41) is 13.5. The SMILES string of the molecule is O=C(Nc1cccc([N+](=O)[O-])c1)[C@@H]1C[C@@H]2C=C[C@H]1CC2. The maximum atomic E-state index is 12.3. The van der Waals surface area contributed by atoms with Crippen molar-refractivity contribution in [2.75, 3.05) is 5.32 Å². The van der Waals surface area contributed by atoms with Crippen molar-refractivity contribution in [2.45, 2.75) is 19.3 Å². The molecule has 3 atom stereocenters. The highest BCUT2D eigenvalue weighted by molar-refractivity contribution is 5.93. The maximum absolute atomic E-state index is 12.3. The average molecular weight is 272 g/mol. The van der Waals surface area contributed by atoms with E-state index in [0.717, 1.165) is 12.8 Å². The normalized spacial score (nSPS) is 27.3. The van der Waals surface area contributed by atoms with Gasteiger partial charge in [0.1, 0.15) is 0 Å². The van der Waals surface area contributed by atoms with Crippen molar-refractivity contribution >= 4 is 17.3 Å². The van der Waals surface area contributed by atoms with Crippen molar-refractivity contribution in [3.8, 4) is 0 Å². The van der Waals surface area contributed by atoms with Crippen LogP contribution in [-0.4, -0.2) is 10.8 Å². The standard InChI is InChI=1S/C15H16N2O3/c18-15(14-8-10-4-6-11(14)7-5-10)16-12-2-1-3-13(9-12)17(19)20/h1-4,6,9-11,14H,5,7-8H2,(H,16,18)/t10-,11+,14-/m1/s1. The molecule has 0 heterocycles. The largest absolute Gasteiger partial charge is 0.326 e. The number of nitrogens with one attached hydrogen (secondary N) is 1. The predicted octanol–water partition coefficient (Wildman–Crippen LogP) is 3.14. The van der Waals surface area contributed by atoms with E-state index in [1.807, 2.05) is 0 Å². The van der Waals surface area contributed by atoms with Gasteiger partial charge in [-0.15, -0.1) is 0 Å². The zero-order valence-electron chi connectivity index (χ0n) is 11.0. The van der Waals surface area contributed by atoms with Crippen LogP contribution in [0.15, 0.2) is 36.4 Å². The van der Waals surface area contributed by atoms with E-state index in [0.29, 0.717) is 17.5 Å². The molecular formula is C15H16N2O3. The Kier molecular flexibility index (Phi) is 3.26. The molecule has 1 saturated carbocycles. The van der Waals surface area contributed by atoms with Gasteiger partial charge in [0.25, 0.3) is 5.69 Å². The number of hydrogen-bond acceptors (Lipinski definition) is 3. The lowest BCUT2D eigenvalue weighted by atomic mass is 9.69. The van der Waals surface area contributed by atoms with E-state index in [4.69, 9.17) is 0 Å². The van der Waals surface area contributed by atoms with Crippen LogP contribution in [0.25, 0.3) is 0 Å². The third kappa shape index (κ3) is 2.43. The van der Waals surface area contributed by atoms with E-state index in [2.05, 4.69) is 17.5 Å². The number of fused-ring (bicyclic) bond motifs is 2. The van der Waals surface area contributed by atoms with E-state index in [1.54, 1.807) is 12.1 Å². The van der Waals surface area contributed by atoms with Crippen LogP contribution >= 0.6 is 0 Å². The predicted molar refractivity (Wildman–Crippen MR) is 75.2 cm³/mol. The van der Waals surface area contributed by atoms with Gasteiger partial charge < -0.3 is 5.32 Å². The summed E-state index contributed by atoms with van der Waals surface area (Å²) in [5.41, 5.74) is 0.488. The fourth-order valence-electron chi connectivity index (χ4n) is 3.17. The second-order valence-electron chi connectivity index (χ2n) is 5.53. The first kappa shape index (κ1) is 12.8. The number of hydrogen-bond donors (Lipinski definition) is 1. The first-order valence-electron chi connectivity index (χ1n) is 6.87. The smallest absolute Gasteiger partial charge is 0.271 e. The summed E-state index contributed by atoms with van der Waals surface area (Å²) in [6.07, 6.45) is 7.48. The summed E-state index contributed by atoms with van der Waals surface area (Å²) in [6, 6.07) is 6.08. The van der Waals surface area contributed by atoms with Crippen LogP contribution in [-0.2, 0) is 4.79 Å². The average Bonchev–Trinajstić information content (AvgIpc) is 2.48. The van der Waals surface area contributed by atoms with Crippen molar-refractivity contribution < 1.29 is 9.72 Å². The highest BCUT2D eigenvalue weighted by Gasteiger charge is 2.36. The van der Waals surface area contributed by atoms with Gasteiger partial charge in [-0.1, -0.05) is 18.2 Å². The van der Waals surface area contributed by atoms with Crippen LogP contribution in [0.4, 0.5) is 11.4 Å². The molecule has 20 heavy (non-hydrogen) atoms. The molecule has 3 aliphatic rings. The Labute approximate surface area is 116 Å². The maximum Gasteiger partial charge on any atom is 0.271 e. The van der Waals surface area contributed by atoms with E-state index in [1.165, 1.54) is 18.6 Å². The molecule has 0 aliphatic heterocycles. The lowest BCUT2D eigenvalue weighted by Crippen LogP contribution is -2.36. The Morgan fingerprint density at radius 2 is 2.15 bits per heavy atom. The summed E-state index contributed by atoms with van der Waals surface area (Å²) < 4.78 is 0. The Hall–Kier alpha value is -2.17. The summed E-state index contributed by atoms with van der Waals surface area (Å²) >= 11 is 0. The Bertz CT molecular complexity index is 582. The van der Waals surface area contributed by atoms with Gasteiger partial charge in [0.15, 0.2) is 0 Å². The van der Waals surface area contributed by atoms with E-state index >= 15 is 0 Å². The number of nitro benzene ring substituents is 1. The Morgan fingerprint density at radius 3 is 2.75 bits per heavy atom. The van der Waals surface area contributed by atoms with E-state index < -0.39 is 4.92 Å². The highest BCUT2D eigenvalue weighted by atomic mass is 16.6. The molecule has 4 rings (SSSR count). The number of carbonyl (C=O) groups excluding carboxylic acids is 1. The van der Waals surface area contributed by atoms with Gasteiger partial charge in [-0.05, 0) is 37.2 Å². The summed E-state index contributed by atoms with van der Waals surface area (Å²) in [4.78, 5) is 22.6. The number of allylic oxidation sites excluding steroid dienone is 2. The molecule has 5 heteroatoms. The minimum Gasteiger partial charge on any atom is -0.326 e. The molecule has 1 fully saturated rings. The molecule has 1 N–H and O–H groups in total. The first-order chi connectivity index (χ1) is 9.63. The molecule has 0 aromatic heterocycles. The second kappa shape index (κ2) is 5.07. The van der Waals surface area contributed by atoms with Gasteiger partial charge in [0.05, 0.1) is 4.92 Å². The summed E-state index contributed by atoms with van der Waals surface area (Å²) in [7, 11) is 0. The third-order valence-corrected chi connectivity index (χ3v) is 4.24. The highest BCUT2D eigenvalue weighted by Crippen LogP contribution is 2.40. The Balaban J connectivity index is 1.72. The number of nitrogens with zero attached hydrogens (tertiary/aromatic N) is 1. The lowest BCUT2D eigenvalue weighted by Gasteiger charge is -2.36. The van der Waals surface area contributed by atoms with Crippen LogP contribution in [0, 0.1) is 27.9 Å². The number of carbonyl (C=O) groups is 1. The molecule has 1 aromatic carbocycles. The van der Waals surface area contributed by atoms with Crippen molar-refractivity contribution in [1.82, 2.24) is 0 Å². The zero-order valence-corrected chi connectivity index (χ0v) is 11.0. The fourth-order valence-corrected chi connectivity index (χ4v) is 3.17. The van der Waals surface area contributed by atoms with Crippen LogP contribution in [0.3, 0.4) is 0 Å². The van der Waals surface area contributed by atoms with E-state index in [9.17, 15) is 14.9 Å². The third-order valence-electron chi connectivity index (χ3n) is 4.24. The van der Waals surface area contributed by atoms with Crippen LogP contribution in [0.1, 0.15) is 19.3 Å². The van der Waals surface area contributed by atoms with Gasteiger partial charge >= 0.3 is 0 Å². The zero-order chi connectivity index (χ0) is 14.1. The summed E-state index contributed by atoms with van der Waals surface area (Å²) in [6.45, 7) is 0. The monoisotopic (exact) mass is 272 g/mol. The molecular weight excluding hydrogens is 256 g/mol. The number of amides is 1. The van der Waals surface area contributed by atoms with Crippen molar-refractivity contribution in [1.29, 1.82) is 0 Å². The number of non-ortho nitro benzene ring substituents is 1. The van der Waals surface area contributed by atoms with Gasteiger partial charge in [0, 0.05) is 23.7 Å². The number of benzene rings is 1. The molecule has 104 valence electrons. The Morgan fingerprint density at radius 1 is 1.30 bits per heavy atom. The quantitative estimate of drug-likeness (QED) is 0.522. The second-order valence-corrected chi connectivity index (χ2v) is 5.53. The minimum absolute atomic E-state index is 0.00184. The fraction of sp³-hybridized carbons (Fsp3) is 0.400. The van der Waals surface area contributed by atoms with E-state index in [-0.39, 0.29) is 17.5 Å². The molecule has 2 bridgehead atoms. The minimum atomic E-state index is -0.457. The van der Waals surface area contributed by atoms with Gasteiger partial charge in [-0.25, -0.2) is 0 Å². The first-order valence-corrected chi connectivity index (χ1v) is 6.87. The van der Waals surface area contributed by atoms with Crippen molar-refractivity contribution in [2.24, 2.45) is 17.8 Å². The number of nitro groups is 1. The van der Waals surface area contributed by atoms with Crippen molar-refractivity contribution in [3.05, 3.63) is 46.5 Å². The van der Waals surface area contributed by atoms with Crippen LogP contribution in [0.2, 0.25) is 0 Å². The topological polar surface area (TPSA) is 72.2 Å². The molecule has 0 radical (unpaired) electrons.